The van der Waals surface area contributed by atoms with Crippen LogP contribution in [0.2, 0.25) is 0 Å². The van der Waals surface area contributed by atoms with Crippen LogP contribution in [0.1, 0.15) is 37.8 Å². The van der Waals surface area contributed by atoms with Crippen molar-refractivity contribution in [2.75, 3.05) is 6.61 Å². The SMILES string of the molecule is CC(=O)CCCC(=O)N1C(=O)OC[C@H]1c1ccccc1. The fourth-order valence-electron chi connectivity index (χ4n) is 2.23. The number of amides is 2. The van der Waals surface area contributed by atoms with Crippen LogP contribution in [0.25, 0.3) is 0 Å². The van der Waals surface area contributed by atoms with Crippen molar-refractivity contribution in [3.05, 3.63) is 35.9 Å². The number of ketones is 1. The van der Waals surface area contributed by atoms with Crippen molar-refractivity contribution in [2.24, 2.45) is 0 Å². The molecule has 2 amide bonds. The van der Waals surface area contributed by atoms with Gasteiger partial charge in [0.25, 0.3) is 0 Å². The van der Waals surface area contributed by atoms with E-state index < -0.39 is 6.09 Å². The van der Waals surface area contributed by atoms with E-state index in [9.17, 15) is 14.4 Å². The molecule has 1 atom stereocenters. The van der Waals surface area contributed by atoms with Crippen molar-refractivity contribution in [2.45, 2.75) is 32.2 Å². The number of ether oxygens (including phenoxy) is 1. The maximum absolute atomic E-state index is 12.1. The predicted octanol–water partition coefficient (Wildman–Crippen LogP) is 2.47. The van der Waals surface area contributed by atoms with E-state index in [4.69, 9.17) is 4.74 Å². The molecule has 1 aromatic rings. The number of carbonyl (C=O) groups is 3. The quantitative estimate of drug-likeness (QED) is 0.828. The molecular weight excluding hydrogens is 258 g/mol. The zero-order chi connectivity index (χ0) is 14.5. The fraction of sp³-hybridized carbons (Fsp3) is 0.400. The number of imide groups is 1. The van der Waals surface area contributed by atoms with Gasteiger partial charge in [0, 0.05) is 12.8 Å². The van der Waals surface area contributed by atoms with Gasteiger partial charge in [0.05, 0.1) is 0 Å². The van der Waals surface area contributed by atoms with E-state index in [1.165, 1.54) is 6.92 Å². The summed E-state index contributed by atoms with van der Waals surface area (Å²) in [6.07, 6.45) is 0.383. The molecule has 20 heavy (non-hydrogen) atoms. The van der Waals surface area contributed by atoms with Crippen molar-refractivity contribution in [3.8, 4) is 0 Å². The van der Waals surface area contributed by atoms with Gasteiger partial charge in [-0.2, -0.15) is 0 Å². The summed E-state index contributed by atoms with van der Waals surface area (Å²) in [7, 11) is 0. The molecule has 1 aromatic carbocycles. The van der Waals surface area contributed by atoms with Crippen LogP contribution >= 0.6 is 0 Å². The van der Waals surface area contributed by atoms with Gasteiger partial charge in [-0.3, -0.25) is 4.79 Å². The molecule has 1 aliphatic heterocycles. The van der Waals surface area contributed by atoms with Gasteiger partial charge in [0.15, 0.2) is 0 Å². The Morgan fingerprint density at radius 2 is 1.95 bits per heavy atom. The van der Waals surface area contributed by atoms with Gasteiger partial charge < -0.3 is 9.53 Å². The van der Waals surface area contributed by atoms with Crippen LogP contribution < -0.4 is 0 Å². The second kappa shape index (κ2) is 6.32. The zero-order valence-corrected chi connectivity index (χ0v) is 11.4. The van der Waals surface area contributed by atoms with Crippen molar-refractivity contribution < 1.29 is 19.1 Å². The minimum Gasteiger partial charge on any atom is -0.446 e. The van der Waals surface area contributed by atoms with E-state index in [0.717, 1.165) is 10.5 Å². The maximum atomic E-state index is 12.1. The normalized spacial score (nSPS) is 17.9. The van der Waals surface area contributed by atoms with Gasteiger partial charge in [-0.05, 0) is 18.9 Å². The molecule has 0 bridgehead atoms. The average molecular weight is 275 g/mol. The molecule has 0 aromatic heterocycles. The van der Waals surface area contributed by atoms with Crippen LogP contribution in [-0.4, -0.2) is 29.3 Å². The number of benzene rings is 1. The molecule has 0 saturated carbocycles. The highest BCUT2D eigenvalue weighted by atomic mass is 16.6. The van der Waals surface area contributed by atoms with Gasteiger partial charge >= 0.3 is 6.09 Å². The van der Waals surface area contributed by atoms with Crippen LogP contribution in [0.15, 0.2) is 30.3 Å². The van der Waals surface area contributed by atoms with Gasteiger partial charge in [-0.15, -0.1) is 0 Å². The second-order valence-electron chi connectivity index (χ2n) is 4.82. The van der Waals surface area contributed by atoms with Crippen molar-refractivity contribution in [1.82, 2.24) is 4.90 Å². The Balaban J connectivity index is 2.05. The highest BCUT2D eigenvalue weighted by Gasteiger charge is 2.38. The Morgan fingerprint density at radius 3 is 2.60 bits per heavy atom. The fourth-order valence-corrected chi connectivity index (χ4v) is 2.23. The molecule has 1 heterocycles. The molecule has 0 aliphatic carbocycles. The second-order valence-corrected chi connectivity index (χ2v) is 4.82. The summed E-state index contributed by atoms with van der Waals surface area (Å²) in [6, 6.07) is 8.95. The Labute approximate surface area is 117 Å². The molecule has 0 unspecified atom stereocenters. The van der Waals surface area contributed by atoms with Crippen LogP contribution in [0.3, 0.4) is 0 Å². The molecule has 5 nitrogen and oxygen atoms in total. The highest BCUT2D eigenvalue weighted by molar-refractivity contribution is 5.93. The number of Topliss-reactive ketones (excluding diaryl/α,β-unsaturated/α-hetero) is 1. The van der Waals surface area contributed by atoms with E-state index in [1.807, 2.05) is 30.3 Å². The third-order valence-electron chi connectivity index (χ3n) is 3.25. The first-order valence-corrected chi connectivity index (χ1v) is 6.63. The molecule has 106 valence electrons. The first kappa shape index (κ1) is 14.2. The molecule has 0 radical (unpaired) electrons. The van der Waals surface area contributed by atoms with Gasteiger partial charge in [-0.1, -0.05) is 30.3 Å². The zero-order valence-electron chi connectivity index (χ0n) is 11.4. The molecule has 1 saturated heterocycles. The Bertz CT molecular complexity index is 512. The molecule has 1 fully saturated rings. The van der Waals surface area contributed by atoms with Crippen LogP contribution in [0.4, 0.5) is 4.79 Å². The van der Waals surface area contributed by atoms with E-state index in [0.29, 0.717) is 12.8 Å². The number of hydrogen-bond donors (Lipinski definition) is 0. The molecule has 0 N–H and O–H groups in total. The van der Waals surface area contributed by atoms with Crippen molar-refractivity contribution >= 4 is 17.8 Å². The molecule has 5 heteroatoms. The number of nitrogens with zero attached hydrogens (tertiary/aromatic N) is 1. The Hall–Kier alpha value is -2.17. The Morgan fingerprint density at radius 1 is 1.25 bits per heavy atom. The minimum absolute atomic E-state index is 0.0430. The first-order chi connectivity index (χ1) is 9.59. The monoisotopic (exact) mass is 275 g/mol. The van der Waals surface area contributed by atoms with E-state index in [2.05, 4.69) is 0 Å². The highest BCUT2D eigenvalue weighted by Crippen LogP contribution is 2.28. The molecule has 0 spiro atoms. The summed E-state index contributed by atoms with van der Waals surface area (Å²) in [4.78, 5) is 35.9. The summed E-state index contributed by atoms with van der Waals surface area (Å²) >= 11 is 0. The number of hydrogen-bond acceptors (Lipinski definition) is 4. The molecular formula is C15H17NO4. The summed E-state index contributed by atoms with van der Waals surface area (Å²) in [5, 5.41) is 0. The topological polar surface area (TPSA) is 63.7 Å². The van der Waals surface area contributed by atoms with Crippen LogP contribution in [0, 0.1) is 0 Å². The maximum Gasteiger partial charge on any atom is 0.417 e. The van der Waals surface area contributed by atoms with E-state index in [-0.39, 0.29) is 30.8 Å². The summed E-state index contributed by atoms with van der Waals surface area (Å²) < 4.78 is 4.98. The minimum atomic E-state index is -0.605. The lowest BCUT2D eigenvalue weighted by atomic mass is 10.1. The summed E-state index contributed by atoms with van der Waals surface area (Å²) in [5.74, 6) is -0.246. The lowest BCUT2D eigenvalue weighted by Gasteiger charge is -2.19. The van der Waals surface area contributed by atoms with E-state index >= 15 is 0 Å². The predicted molar refractivity (Wildman–Crippen MR) is 71.9 cm³/mol. The van der Waals surface area contributed by atoms with Crippen molar-refractivity contribution in [3.63, 3.8) is 0 Å². The van der Waals surface area contributed by atoms with Gasteiger partial charge in [0.1, 0.15) is 18.4 Å². The number of rotatable bonds is 5. The van der Waals surface area contributed by atoms with Crippen LogP contribution in [0.5, 0.6) is 0 Å². The summed E-state index contributed by atoms with van der Waals surface area (Å²) in [6.45, 7) is 1.67. The standard InChI is InChI=1S/C15H17NO4/c1-11(17)6-5-9-14(18)16-13(10-20-15(16)19)12-7-3-2-4-8-12/h2-4,7-8,13H,5-6,9-10H2,1H3/t13-/m0/s1. The van der Waals surface area contributed by atoms with Crippen LogP contribution in [-0.2, 0) is 14.3 Å². The smallest absolute Gasteiger partial charge is 0.417 e. The van der Waals surface area contributed by atoms with Gasteiger partial charge in [-0.25, -0.2) is 9.69 Å². The van der Waals surface area contributed by atoms with E-state index in [1.54, 1.807) is 0 Å². The Kier molecular flexibility index (Phi) is 4.50. The summed E-state index contributed by atoms with van der Waals surface area (Å²) in [5.41, 5.74) is 0.873. The number of carbonyl (C=O) groups excluding carboxylic acids is 3. The molecule has 2 rings (SSSR count). The lowest BCUT2D eigenvalue weighted by molar-refractivity contribution is -0.129. The first-order valence-electron chi connectivity index (χ1n) is 6.63. The molecule has 1 aliphatic rings. The third kappa shape index (κ3) is 3.23. The average Bonchev–Trinajstić information content (AvgIpc) is 2.81. The van der Waals surface area contributed by atoms with Crippen molar-refractivity contribution in [1.29, 1.82) is 0 Å². The largest absolute Gasteiger partial charge is 0.446 e. The third-order valence-corrected chi connectivity index (χ3v) is 3.25. The van der Waals surface area contributed by atoms with Gasteiger partial charge in [0.2, 0.25) is 5.91 Å². The lowest BCUT2D eigenvalue weighted by Crippen LogP contribution is -2.34. The number of cyclic esters (lactones) is 1.